The smallest absolute Gasteiger partial charge is 0.230 e. The van der Waals surface area contributed by atoms with Crippen LogP contribution in [0.25, 0.3) is 11.1 Å². The molecule has 1 amide bonds. The summed E-state index contributed by atoms with van der Waals surface area (Å²) in [6.07, 6.45) is 3.99. The Labute approximate surface area is 199 Å². The fourth-order valence-electron chi connectivity index (χ4n) is 4.09. The summed E-state index contributed by atoms with van der Waals surface area (Å²) in [5, 5.41) is 7.81. The first-order chi connectivity index (χ1) is 15.8. The lowest BCUT2D eigenvalue weighted by atomic mass is 9.89. The van der Waals surface area contributed by atoms with Crippen molar-refractivity contribution in [3.63, 3.8) is 0 Å². The number of amides is 1. The first-order valence-corrected chi connectivity index (χ1v) is 11.7. The predicted molar refractivity (Wildman–Crippen MR) is 130 cm³/mol. The van der Waals surface area contributed by atoms with Crippen molar-refractivity contribution < 1.29 is 4.79 Å². The summed E-state index contributed by atoms with van der Waals surface area (Å²) in [6, 6.07) is 7.73. The zero-order valence-electron chi connectivity index (χ0n) is 19.5. The van der Waals surface area contributed by atoms with Gasteiger partial charge in [-0.1, -0.05) is 37.6 Å². The summed E-state index contributed by atoms with van der Waals surface area (Å²) in [4.78, 5) is 30.8. The van der Waals surface area contributed by atoms with Crippen LogP contribution in [0, 0.1) is 0 Å². The minimum absolute atomic E-state index is 0.0566. The van der Waals surface area contributed by atoms with Gasteiger partial charge in [0.25, 0.3) is 0 Å². The number of hydrogen-bond acceptors (Lipinski definition) is 6. The molecule has 1 N–H and O–H groups in total. The van der Waals surface area contributed by atoms with E-state index in [1.807, 2.05) is 68.2 Å². The fourth-order valence-corrected chi connectivity index (χ4v) is 4.22. The molecule has 9 heteroatoms. The maximum absolute atomic E-state index is 13.1. The Morgan fingerprint density at radius 3 is 2.67 bits per heavy atom. The fraction of sp³-hybridized carbons (Fsp3) is 0.458. The third-order valence-electron chi connectivity index (χ3n) is 5.91. The van der Waals surface area contributed by atoms with E-state index in [1.54, 1.807) is 0 Å². The predicted octanol–water partition coefficient (Wildman–Crippen LogP) is 4.05. The van der Waals surface area contributed by atoms with Gasteiger partial charge in [0.2, 0.25) is 11.9 Å². The van der Waals surface area contributed by atoms with Crippen LogP contribution in [-0.4, -0.2) is 63.1 Å². The zero-order chi connectivity index (χ0) is 23.5. The molecule has 1 unspecified atom stereocenters. The summed E-state index contributed by atoms with van der Waals surface area (Å²) < 4.78 is 0. The first kappa shape index (κ1) is 23.2. The van der Waals surface area contributed by atoms with E-state index in [4.69, 9.17) is 16.6 Å². The molecule has 33 heavy (non-hydrogen) atoms. The number of rotatable bonds is 6. The molecule has 3 aromatic rings. The number of hydrogen-bond donors (Lipinski definition) is 1. The topological polar surface area (TPSA) is 90.9 Å². The van der Waals surface area contributed by atoms with E-state index in [-0.39, 0.29) is 24.2 Å². The van der Waals surface area contributed by atoms with Gasteiger partial charge in [0.05, 0.1) is 12.1 Å². The maximum atomic E-state index is 13.1. The van der Waals surface area contributed by atoms with Crippen molar-refractivity contribution in [3.8, 4) is 11.1 Å². The molecule has 0 aliphatic carbocycles. The van der Waals surface area contributed by atoms with Crippen molar-refractivity contribution >= 4 is 23.5 Å². The van der Waals surface area contributed by atoms with Crippen molar-refractivity contribution in [3.05, 3.63) is 52.8 Å². The van der Waals surface area contributed by atoms with E-state index < -0.39 is 0 Å². The Bertz CT molecular complexity index is 1110. The van der Waals surface area contributed by atoms with Crippen molar-refractivity contribution in [1.82, 2.24) is 30.0 Å². The van der Waals surface area contributed by atoms with E-state index in [2.05, 4.69) is 20.2 Å². The van der Waals surface area contributed by atoms with Crippen LogP contribution in [0.2, 0.25) is 5.02 Å². The van der Waals surface area contributed by atoms with Crippen LogP contribution in [0.5, 0.6) is 0 Å². The molecule has 4 rings (SSSR count). The number of halogens is 1. The van der Waals surface area contributed by atoms with Crippen LogP contribution >= 0.6 is 11.6 Å². The van der Waals surface area contributed by atoms with E-state index in [0.29, 0.717) is 23.3 Å². The van der Waals surface area contributed by atoms with Crippen LogP contribution in [0.4, 0.5) is 5.95 Å². The van der Waals surface area contributed by atoms with Gasteiger partial charge in [0.1, 0.15) is 5.82 Å². The van der Waals surface area contributed by atoms with Gasteiger partial charge in [-0.05, 0) is 30.5 Å². The molecular formula is C24H30ClN7O. The second-order valence-electron chi connectivity index (χ2n) is 9.02. The van der Waals surface area contributed by atoms with Crippen LogP contribution < -0.4 is 4.90 Å². The summed E-state index contributed by atoms with van der Waals surface area (Å²) in [7, 11) is 3.86. The van der Waals surface area contributed by atoms with E-state index in [1.165, 1.54) is 0 Å². The second kappa shape index (κ2) is 9.87. The Hall–Kier alpha value is -3.00. The van der Waals surface area contributed by atoms with Gasteiger partial charge in [-0.15, -0.1) is 0 Å². The number of likely N-dealkylation sites (tertiary alicyclic amines) is 1. The number of carbonyl (C=O) groups is 1. The zero-order valence-corrected chi connectivity index (χ0v) is 20.3. The van der Waals surface area contributed by atoms with Gasteiger partial charge >= 0.3 is 0 Å². The minimum Gasteiger partial charge on any atom is -0.347 e. The SMILES string of the molecule is CC(C)c1n[nH]c(CC(=O)N2CCCC(c3nc(N(C)C)ncc3-c3ccc(Cl)cc3)C2)n1. The molecule has 1 aromatic carbocycles. The Morgan fingerprint density at radius 1 is 1.24 bits per heavy atom. The highest BCUT2D eigenvalue weighted by molar-refractivity contribution is 6.30. The van der Waals surface area contributed by atoms with Crippen molar-refractivity contribution in [2.75, 3.05) is 32.1 Å². The largest absolute Gasteiger partial charge is 0.347 e. The van der Waals surface area contributed by atoms with Gasteiger partial charge in [0, 0.05) is 55.8 Å². The molecule has 0 spiro atoms. The van der Waals surface area contributed by atoms with Gasteiger partial charge in [0.15, 0.2) is 5.82 Å². The van der Waals surface area contributed by atoms with Gasteiger partial charge in [-0.2, -0.15) is 5.10 Å². The lowest BCUT2D eigenvalue weighted by Crippen LogP contribution is -2.40. The normalized spacial score (nSPS) is 16.3. The number of anilines is 1. The maximum Gasteiger partial charge on any atom is 0.230 e. The van der Waals surface area contributed by atoms with E-state index in [0.717, 1.165) is 42.0 Å². The summed E-state index contributed by atoms with van der Waals surface area (Å²) >= 11 is 6.10. The van der Waals surface area contributed by atoms with Crippen molar-refractivity contribution in [2.24, 2.45) is 0 Å². The second-order valence-corrected chi connectivity index (χ2v) is 9.46. The summed E-state index contributed by atoms with van der Waals surface area (Å²) in [5.74, 6) is 2.41. The average Bonchev–Trinajstić information content (AvgIpc) is 3.28. The molecule has 0 saturated carbocycles. The quantitative estimate of drug-likeness (QED) is 0.588. The van der Waals surface area contributed by atoms with Crippen molar-refractivity contribution in [2.45, 2.75) is 44.9 Å². The highest BCUT2D eigenvalue weighted by Gasteiger charge is 2.29. The van der Waals surface area contributed by atoms with Gasteiger partial charge in [-0.25, -0.2) is 15.0 Å². The molecule has 3 heterocycles. The highest BCUT2D eigenvalue weighted by atomic mass is 35.5. The number of carbonyl (C=O) groups excluding carboxylic acids is 1. The first-order valence-electron chi connectivity index (χ1n) is 11.3. The molecule has 2 aromatic heterocycles. The molecule has 0 radical (unpaired) electrons. The molecule has 174 valence electrons. The Balaban J connectivity index is 1.58. The van der Waals surface area contributed by atoms with Gasteiger partial charge < -0.3 is 9.80 Å². The average molecular weight is 468 g/mol. The van der Waals surface area contributed by atoms with Gasteiger partial charge in [-0.3, -0.25) is 9.89 Å². The number of H-pyrrole nitrogens is 1. The van der Waals surface area contributed by atoms with E-state index >= 15 is 0 Å². The third-order valence-corrected chi connectivity index (χ3v) is 6.16. The monoisotopic (exact) mass is 467 g/mol. The number of nitrogens with one attached hydrogen (secondary N) is 1. The Morgan fingerprint density at radius 2 is 2.00 bits per heavy atom. The van der Waals surface area contributed by atoms with Crippen LogP contribution in [0.1, 0.15) is 55.9 Å². The number of nitrogens with zero attached hydrogens (tertiary/aromatic N) is 6. The van der Waals surface area contributed by atoms with Crippen LogP contribution in [0.3, 0.4) is 0 Å². The van der Waals surface area contributed by atoms with Crippen molar-refractivity contribution in [1.29, 1.82) is 0 Å². The minimum atomic E-state index is 0.0566. The van der Waals surface area contributed by atoms with E-state index in [9.17, 15) is 4.79 Å². The molecule has 1 saturated heterocycles. The third kappa shape index (κ3) is 5.33. The molecule has 1 fully saturated rings. The molecule has 0 bridgehead atoms. The highest BCUT2D eigenvalue weighted by Crippen LogP contribution is 2.34. The molecule has 1 atom stereocenters. The molecule has 8 nitrogen and oxygen atoms in total. The number of benzene rings is 1. The lowest BCUT2D eigenvalue weighted by molar-refractivity contribution is -0.131. The lowest BCUT2D eigenvalue weighted by Gasteiger charge is -2.33. The summed E-state index contributed by atoms with van der Waals surface area (Å²) in [6.45, 7) is 5.43. The number of aromatic nitrogens is 5. The number of aromatic amines is 1. The molecular weight excluding hydrogens is 438 g/mol. The molecule has 1 aliphatic rings. The standard InChI is InChI=1S/C24H30ClN7O/c1-15(2)23-27-20(29-30-23)12-21(33)32-11-5-6-17(14-32)22-19(13-26-24(28-22)31(3)4)16-7-9-18(25)10-8-16/h7-10,13,15,17H,5-6,11-12,14H2,1-4H3,(H,27,29,30). The van der Waals surface area contributed by atoms with Crippen LogP contribution in [-0.2, 0) is 11.2 Å². The summed E-state index contributed by atoms with van der Waals surface area (Å²) in [5.41, 5.74) is 2.97. The number of piperidine rings is 1. The van der Waals surface area contributed by atoms with Crippen LogP contribution in [0.15, 0.2) is 30.5 Å². The Kier molecular flexibility index (Phi) is 6.93. The molecule has 1 aliphatic heterocycles.